The maximum absolute atomic E-state index is 12.4. The van der Waals surface area contributed by atoms with Gasteiger partial charge < -0.3 is 20.6 Å². The first-order valence-corrected chi connectivity index (χ1v) is 19.8. The van der Waals surface area contributed by atoms with Gasteiger partial charge in [-0.1, -0.05) is 172 Å². The van der Waals surface area contributed by atoms with Crippen molar-refractivity contribution in [3.05, 3.63) is 36.5 Å². The van der Waals surface area contributed by atoms with E-state index in [-0.39, 0.29) is 6.61 Å². The monoisotopic (exact) mass is 648 g/mol. The van der Waals surface area contributed by atoms with Crippen molar-refractivity contribution < 1.29 is 20.1 Å². The van der Waals surface area contributed by atoms with E-state index in [0.717, 1.165) is 38.5 Å². The quantitative estimate of drug-likeness (QED) is 0.0407. The number of rotatable bonds is 35. The summed E-state index contributed by atoms with van der Waals surface area (Å²) in [6.07, 6.45) is 44.5. The molecule has 0 aromatic heterocycles. The number of hydrogen-bond acceptors (Lipinski definition) is 4. The summed E-state index contributed by atoms with van der Waals surface area (Å²) in [5.41, 5.74) is 0. The van der Waals surface area contributed by atoms with E-state index in [1.165, 1.54) is 135 Å². The first-order chi connectivity index (χ1) is 22.6. The van der Waals surface area contributed by atoms with Crippen LogP contribution < -0.4 is 5.32 Å². The molecule has 0 radical (unpaired) electrons. The highest BCUT2D eigenvalue weighted by Crippen LogP contribution is 2.13. The molecule has 5 nitrogen and oxygen atoms in total. The van der Waals surface area contributed by atoms with Crippen molar-refractivity contribution in [1.29, 1.82) is 0 Å². The van der Waals surface area contributed by atoms with Gasteiger partial charge >= 0.3 is 0 Å². The van der Waals surface area contributed by atoms with E-state index in [9.17, 15) is 20.1 Å². The molecule has 0 bridgehead atoms. The van der Waals surface area contributed by atoms with Crippen molar-refractivity contribution in [2.75, 3.05) is 6.61 Å². The van der Waals surface area contributed by atoms with Crippen molar-refractivity contribution in [3.8, 4) is 0 Å². The van der Waals surface area contributed by atoms with E-state index in [0.29, 0.717) is 6.42 Å². The fourth-order valence-electron chi connectivity index (χ4n) is 5.78. The third-order valence-corrected chi connectivity index (χ3v) is 8.95. The number of nitrogens with one attached hydrogen (secondary N) is 1. The minimum atomic E-state index is -1.11. The predicted molar refractivity (Wildman–Crippen MR) is 199 cm³/mol. The van der Waals surface area contributed by atoms with Gasteiger partial charge in [0.25, 0.3) is 0 Å². The summed E-state index contributed by atoms with van der Waals surface area (Å²) in [4.78, 5) is 12.4. The second-order valence-electron chi connectivity index (χ2n) is 13.5. The molecule has 0 aliphatic heterocycles. The van der Waals surface area contributed by atoms with Crippen LogP contribution in [0.25, 0.3) is 0 Å². The van der Waals surface area contributed by atoms with E-state index >= 15 is 0 Å². The third-order valence-electron chi connectivity index (χ3n) is 8.95. The van der Waals surface area contributed by atoms with Gasteiger partial charge in [-0.3, -0.25) is 4.79 Å². The molecule has 270 valence electrons. The minimum absolute atomic E-state index is 0.378. The standard InChI is InChI=1S/C41H77NO4/c1-3-5-7-9-11-13-15-17-18-19-20-21-22-24-26-28-30-32-34-36-40(45)41(46)42-38(37-43)39(44)35-33-31-29-27-25-23-16-14-12-10-8-6-4-2/h20-21,25,27,33,35,38-40,43-45H,3-19,22-24,26,28-32,34,36-37H2,1-2H3,(H,42,46)/b21-20-,27-25+,35-33+. The van der Waals surface area contributed by atoms with Crippen molar-refractivity contribution in [2.45, 2.75) is 212 Å². The molecule has 46 heavy (non-hydrogen) atoms. The van der Waals surface area contributed by atoms with Crippen LogP contribution in [0.2, 0.25) is 0 Å². The number of aliphatic hydroxyl groups excluding tert-OH is 3. The summed E-state index contributed by atoms with van der Waals surface area (Å²) < 4.78 is 0. The maximum Gasteiger partial charge on any atom is 0.249 e. The smallest absolute Gasteiger partial charge is 0.249 e. The largest absolute Gasteiger partial charge is 0.394 e. The average Bonchev–Trinajstić information content (AvgIpc) is 3.06. The fourth-order valence-corrected chi connectivity index (χ4v) is 5.78. The van der Waals surface area contributed by atoms with Gasteiger partial charge in [0.2, 0.25) is 5.91 Å². The molecular weight excluding hydrogens is 570 g/mol. The summed E-state index contributed by atoms with van der Waals surface area (Å²) in [7, 11) is 0. The maximum atomic E-state index is 12.4. The van der Waals surface area contributed by atoms with Crippen LogP contribution in [0.4, 0.5) is 0 Å². The van der Waals surface area contributed by atoms with E-state index < -0.39 is 24.2 Å². The van der Waals surface area contributed by atoms with Crippen molar-refractivity contribution >= 4 is 5.91 Å². The number of unbranched alkanes of at least 4 members (excludes halogenated alkanes) is 23. The van der Waals surface area contributed by atoms with Gasteiger partial charge in [-0.2, -0.15) is 0 Å². The lowest BCUT2D eigenvalue weighted by Crippen LogP contribution is -2.48. The molecule has 1 amide bonds. The molecule has 5 heteroatoms. The first kappa shape index (κ1) is 44.6. The summed E-state index contributed by atoms with van der Waals surface area (Å²) >= 11 is 0. The summed E-state index contributed by atoms with van der Waals surface area (Å²) in [6, 6.07) is -0.814. The second kappa shape index (κ2) is 36.4. The number of carbonyl (C=O) groups excluding carboxylic acids is 1. The normalized spacial score (nSPS) is 14.1. The summed E-state index contributed by atoms with van der Waals surface area (Å²) in [6.45, 7) is 4.14. The molecule has 3 unspecified atom stereocenters. The molecule has 0 saturated carbocycles. The fraction of sp³-hybridized carbons (Fsp3) is 0.829. The van der Waals surface area contributed by atoms with Crippen LogP contribution in [0.1, 0.15) is 194 Å². The van der Waals surface area contributed by atoms with Crippen molar-refractivity contribution in [3.63, 3.8) is 0 Å². The van der Waals surface area contributed by atoms with Crippen LogP contribution in [0.3, 0.4) is 0 Å². The average molecular weight is 648 g/mol. The van der Waals surface area contributed by atoms with E-state index in [4.69, 9.17) is 0 Å². The molecular formula is C41H77NO4. The van der Waals surface area contributed by atoms with E-state index in [1.807, 2.05) is 6.08 Å². The van der Waals surface area contributed by atoms with Crippen molar-refractivity contribution in [2.24, 2.45) is 0 Å². The highest BCUT2D eigenvalue weighted by atomic mass is 16.3. The van der Waals surface area contributed by atoms with Crippen molar-refractivity contribution in [1.82, 2.24) is 5.32 Å². The summed E-state index contributed by atoms with van der Waals surface area (Å²) in [5, 5.41) is 33.0. The Kier molecular flexibility index (Phi) is 35.3. The molecule has 0 aliphatic carbocycles. The Labute approximate surface area is 285 Å². The zero-order chi connectivity index (χ0) is 33.8. The molecule has 0 rings (SSSR count). The van der Waals surface area contributed by atoms with Crippen LogP contribution in [-0.2, 0) is 4.79 Å². The number of allylic oxidation sites excluding steroid dienone is 5. The van der Waals surface area contributed by atoms with Gasteiger partial charge in [0.15, 0.2) is 0 Å². The zero-order valence-corrected chi connectivity index (χ0v) is 30.5. The highest BCUT2D eigenvalue weighted by Gasteiger charge is 2.22. The Hall–Kier alpha value is -1.43. The number of aliphatic hydroxyl groups is 3. The highest BCUT2D eigenvalue weighted by molar-refractivity contribution is 5.80. The minimum Gasteiger partial charge on any atom is -0.394 e. The molecule has 0 aromatic carbocycles. The number of hydrogen-bond donors (Lipinski definition) is 4. The Morgan fingerprint density at radius 1 is 0.522 bits per heavy atom. The van der Waals surface area contributed by atoms with E-state index in [1.54, 1.807) is 6.08 Å². The molecule has 0 spiro atoms. The molecule has 0 fully saturated rings. The Balaban J connectivity index is 3.75. The molecule has 4 N–H and O–H groups in total. The third kappa shape index (κ3) is 31.2. The Morgan fingerprint density at radius 3 is 1.33 bits per heavy atom. The summed E-state index contributed by atoms with van der Waals surface area (Å²) in [5.74, 6) is -0.519. The molecule has 0 aliphatic rings. The van der Waals surface area contributed by atoms with E-state index in [2.05, 4.69) is 43.5 Å². The Morgan fingerprint density at radius 2 is 0.891 bits per heavy atom. The lowest BCUT2D eigenvalue weighted by Gasteiger charge is -2.21. The van der Waals surface area contributed by atoms with Gasteiger partial charge in [0, 0.05) is 0 Å². The molecule has 0 saturated heterocycles. The molecule has 0 heterocycles. The van der Waals surface area contributed by atoms with Crippen LogP contribution in [0.15, 0.2) is 36.5 Å². The second-order valence-corrected chi connectivity index (χ2v) is 13.5. The van der Waals surface area contributed by atoms with Crippen LogP contribution >= 0.6 is 0 Å². The van der Waals surface area contributed by atoms with Gasteiger partial charge in [0.1, 0.15) is 6.10 Å². The van der Waals surface area contributed by atoms with Gasteiger partial charge in [-0.15, -0.1) is 0 Å². The number of amides is 1. The lowest BCUT2D eigenvalue weighted by atomic mass is 10.0. The van der Waals surface area contributed by atoms with Gasteiger partial charge in [0.05, 0.1) is 18.8 Å². The van der Waals surface area contributed by atoms with Crippen LogP contribution in [0, 0.1) is 0 Å². The van der Waals surface area contributed by atoms with Crippen LogP contribution in [0.5, 0.6) is 0 Å². The van der Waals surface area contributed by atoms with Gasteiger partial charge in [-0.25, -0.2) is 0 Å². The first-order valence-electron chi connectivity index (χ1n) is 19.8. The topological polar surface area (TPSA) is 89.8 Å². The number of carbonyl (C=O) groups is 1. The predicted octanol–water partition coefficient (Wildman–Crippen LogP) is 10.8. The Bertz CT molecular complexity index is 719. The van der Waals surface area contributed by atoms with Crippen LogP contribution in [-0.4, -0.2) is 46.1 Å². The zero-order valence-electron chi connectivity index (χ0n) is 30.5. The molecule has 3 atom stereocenters. The SMILES string of the molecule is CCCCCCCCC/C=C/CC/C=C/C(O)C(CO)NC(=O)C(O)CCCCCCCC/C=C\CCCCCCCCCCC. The lowest BCUT2D eigenvalue weighted by molar-refractivity contribution is -0.131. The molecule has 0 aromatic rings. The van der Waals surface area contributed by atoms with Gasteiger partial charge in [-0.05, 0) is 57.8 Å².